The van der Waals surface area contributed by atoms with Crippen molar-refractivity contribution in [3.05, 3.63) is 47.5 Å². The summed E-state index contributed by atoms with van der Waals surface area (Å²) in [6.45, 7) is 4.13. The van der Waals surface area contributed by atoms with Gasteiger partial charge in [-0.25, -0.2) is 0 Å². The Hall–Kier alpha value is -1.96. The summed E-state index contributed by atoms with van der Waals surface area (Å²) in [5.41, 5.74) is 11.6. The van der Waals surface area contributed by atoms with E-state index in [0.29, 0.717) is 6.10 Å². The lowest BCUT2D eigenvalue weighted by Gasteiger charge is -2.07. The van der Waals surface area contributed by atoms with Crippen LogP contribution in [0.2, 0.25) is 0 Å². The maximum absolute atomic E-state index is 5.97. The molecule has 2 aromatic carbocycles. The fraction of sp³-hybridized carbons (Fsp3) is 0.250. The maximum Gasteiger partial charge on any atom is 0.123 e. The van der Waals surface area contributed by atoms with Crippen molar-refractivity contribution in [2.45, 2.75) is 26.4 Å². The minimum atomic E-state index is 0.290. The predicted octanol–water partition coefficient (Wildman–Crippen LogP) is 3.57. The SMILES string of the molecule is Cc1ccc(-c2ccc3c(c2)CC(C)O3)cc1N. The van der Waals surface area contributed by atoms with E-state index in [1.165, 1.54) is 16.7 Å². The molecule has 2 N–H and O–H groups in total. The van der Waals surface area contributed by atoms with Gasteiger partial charge in [0.2, 0.25) is 0 Å². The van der Waals surface area contributed by atoms with Crippen LogP contribution in [0.4, 0.5) is 5.69 Å². The van der Waals surface area contributed by atoms with Crippen molar-refractivity contribution in [3.8, 4) is 16.9 Å². The first-order valence-corrected chi connectivity index (χ1v) is 6.29. The molecule has 0 aliphatic carbocycles. The fourth-order valence-corrected chi connectivity index (χ4v) is 2.42. The fourth-order valence-electron chi connectivity index (χ4n) is 2.42. The minimum Gasteiger partial charge on any atom is -0.490 e. The Morgan fingerprint density at radius 2 is 1.83 bits per heavy atom. The van der Waals surface area contributed by atoms with Gasteiger partial charge >= 0.3 is 0 Å². The highest BCUT2D eigenvalue weighted by Crippen LogP contribution is 2.33. The van der Waals surface area contributed by atoms with E-state index in [1.54, 1.807) is 0 Å². The number of aryl methyl sites for hydroxylation is 1. The quantitative estimate of drug-likeness (QED) is 0.772. The standard InChI is InChI=1S/C16H17NO/c1-10-3-4-13(9-15(10)17)12-5-6-16-14(8-12)7-11(2)18-16/h3-6,8-9,11H,7,17H2,1-2H3. The second-order valence-corrected chi connectivity index (χ2v) is 5.03. The molecular formula is C16H17NO. The Kier molecular flexibility index (Phi) is 2.51. The highest BCUT2D eigenvalue weighted by Gasteiger charge is 2.19. The molecule has 1 aliphatic rings. The van der Waals surface area contributed by atoms with E-state index >= 15 is 0 Å². The minimum absolute atomic E-state index is 0.290. The maximum atomic E-state index is 5.97. The van der Waals surface area contributed by atoms with E-state index in [0.717, 1.165) is 23.4 Å². The van der Waals surface area contributed by atoms with Crippen molar-refractivity contribution in [1.29, 1.82) is 0 Å². The van der Waals surface area contributed by atoms with Gasteiger partial charge in [0.1, 0.15) is 11.9 Å². The molecule has 0 saturated carbocycles. The summed E-state index contributed by atoms with van der Waals surface area (Å²) in [7, 11) is 0. The summed E-state index contributed by atoms with van der Waals surface area (Å²) in [5.74, 6) is 1.02. The average Bonchev–Trinajstić information content (AvgIpc) is 2.71. The molecule has 2 aromatic rings. The first-order chi connectivity index (χ1) is 8.63. The zero-order valence-corrected chi connectivity index (χ0v) is 10.7. The van der Waals surface area contributed by atoms with Gasteiger partial charge < -0.3 is 10.5 Å². The second-order valence-electron chi connectivity index (χ2n) is 5.03. The van der Waals surface area contributed by atoms with Crippen LogP contribution in [0.25, 0.3) is 11.1 Å². The third kappa shape index (κ3) is 1.84. The summed E-state index contributed by atoms with van der Waals surface area (Å²) in [5, 5.41) is 0. The van der Waals surface area contributed by atoms with Crippen LogP contribution in [0.15, 0.2) is 36.4 Å². The van der Waals surface area contributed by atoms with Crippen LogP contribution in [0, 0.1) is 6.92 Å². The summed E-state index contributed by atoms with van der Waals surface area (Å²) in [6, 6.07) is 12.6. The Morgan fingerprint density at radius 1 is 1.11 bits per heavy atom. The molecule has 2 nitrogen and oxygen atoms in total. The molecule has 0 saturated heterocycles. The molecule has 2 heteroatoms. The zero-order chi connectivity index (χ0) is 12.7. The van der Waals surface area contributed by atoms with Crippen LogP contribution in [0.1, 0.15) is 18.1 Å². The number of benzene rings is 2. The number of hydrogen-bond acceptors (Lipinski definition) is 2. The van der Waals surface area contributed by atoms with Gasteiger partial charge in [0, 0.05) is 12.1 Å². The molecule has 0 aromatic heterocycles. The first-order valence-electron chi connectivity index (χ1n) is 6.29. The van der Waals surface area contributed by atoms with Crippen molar-refractivity contribution >= 4 is 5.69 Å². The van der Waals surface area contributed by atoms with Gasteiger partial charge in [-0.15, -0.1) is 0 Å². The molecule has 0 radical (unpaired) electrons. The number of fused-ring (bicyclic) bond motifs is 1. The van der Waals surface area contributed by atoms with Crippen molar-refractivity contribution in [2.24, 2.45) is 0 Å². The molecule has 1 atom stereocenters. The van der Waals surface area contributed by atoms with Crippen LogP contribution < -0.4 is 10.5 Å². The third-order valence-electron chi connectivity index (χ3n) is 3.51. The molecule has 92 valence electrons. The number of rotatable bonds is 1. The topological polar surface area (TPSA) is 35.2 Å². The van der Waals surface area contributed by atoms with Gasteiger partial charge in [-0.3, -0.25) is 0 Å². The lowest BCUT2D eigenvalue weighted by Crippen LogP contribution is -2.05. The molecule has 0 spiro atoms. The number of ether oxygens (including phenoxy) is 1. The molecule has 18 heavy (non-hydrogen) atoms. The lowest BCUT2D eigenvalue weighted by atomic mass is 9.99. The molecule has 1 aliphatic heterocycles. The number of nitrogens with two attached hydrogens (primary N) is 1. The first kappa shape index (κ1) is 11.1. The summed E-state index contributed by atoms with van der Waals surface area (Å²) in [6.07, 6.45) is 1.28. The van der Waals surface area contributed by atoms with Gasteiger partial charge in [0.15, 0.2) is 0 Å². The van der Waals surface area contributed by atoms with E-state index in [2.05, 4.69) is 37.3 Å². The number of nitrogen functional groups attached to an aromatic ring is 1. The van der Waals surface area contributed by atoms with Gasteiger partial charge in [-0.2, -0.15) is 0 Å². The Labute approximate surface area is 107 Å². The van der Waals surface area contributed by atoms with Gasteiger partial charge in [-0.1, -0.05) is 18.2 Å². The smallest absolute Gasteiger partial charge is 0.123 e. The number of anilines is 1. The molecule has 0 amide bonds. The zero-order valence-electron chi connectivity index (χ0n) is 10.7. The average molecular weight is 239 g/mol. The van der Waals surface area contributed by atoms with E-state index in [4.69, 9.17) is 10.5 Å². The van der Waals surface area contributed by atoms with E-state index < -0.39 is 0 Å². The highest BCUT2D eigenvalue weighted by molar-refractivity contribution is 5.70. The van der Waals surface area contributed by atoms with E-state index in [1.807, 2.05) is 13.0 Å². The monoisotopic (exact) mass is 239 g/mol. The van der Waals surface area contributed by atoms with Crippen molar-refractivity contribution in [1.82, 2.24) is 0 Å². The molecule has 0 fully saturated rings. The molecule has 0 bridgehead atoms. The molecule has 1 heterocycles. The third-order valence-corrected chi connectivity index (χ3v) is 3.51. The normalized spacial score (nSPS) is 17.3. The van der Waals surface area contributed by atoms with Gasteiger partial charge in [0.25, 0.3) is 0 Å². The van der Waals surface area contributed by atoms with E-state index in [-0.39, 0.29) is 0 Å². The Bertz CT molecular complexity index is 604. The highest BCUT2D eigenvalue weighted by atomic mass is 16.5. The molecule has 1 unspecified atom stereocenters. The van der Waals surface area contributed by atoms with Gasteiger partial charge in [-0.05, 0) is 54.3 Å². The van der Waals surface area contributed by atoms with Crippen LogP contribution in [0.3, 0.4) is 0 Å². The van der Waals surface area contributed by atoms with Crippen LogP contribution in [0.5, 0.6) is 5.75 Å². The van der Waals surface area contributed by atoms with Crippen LogP contribution in [-0.2, 0) is 6.42 Å². The van der Waals surface area contributed by atoms with Gasteiger partial charge in [0.05, 0.1) is 0 Å². The number of hydrogen-bond donors (Lipinski definition) is 1. The van der Waals surface area contributed by atoms with Crippen molar-refractivity contribution in [2.75, 3.05) is 5.73 Å². The Balaban J connectivity index is 2.03. The second kappa shape index (κ2) is 4.05. The van der Waals surface area contributed by atoms with Crippen LogP contribution >= 0.6 is 0 Å². The largest absolute Gasteiger partial charge is 0.490 e. The lowest BCUT2D eigenvalue weighted by molar-refractivity contribution is 0.254. The Morgan fingerprint density at radius 3 is 2.61 bits per heavy atom. The summed E-state index contributed by atoms with van der Waals surface area (Å²) < 4.78 is 5.72. The van der Waals surface area contributed by atoms with Crippen molar-refractivity contribution < 1.29 is 4.74 Å². The summed E-state index contributed by atoms with van der Waals surface area (Å²) in [4.78, 5) is 0. The predicted molar refractivity (Wildman–Crippen MR) is 74.8 cm³/mol. The molecule has 3 rings (SSSR count). The van der Waals surface area contributed by atoms with Crippen LogP contribution in [-0.4, -0.2) is 6.10 Å². The summed E-state index contributed by atoms with van der Waals surface area (Å²) >= 11 is 0. The van der Waals surface area contributed by atoms with E-state index in [9.17, 15) is 0 Å². The molecular weight excluding hydrogens is 222 g/mol. The van der Waals surface area contributed by atoms with Crippen molar-refractivity contribution in [3.63, 3.8) is 0 Å².